The first-order valence-electron chi connectivity index (χ1n) is 29.3. The van der Waals surface area contributed by atoms with Crippen LogP contribution in [0.1, 0.15) is 64.5 Å². The van der Waals surface area contributed by atoms with Gasteiger partial charge in [-0.25, -0.2) is 14.4 Å². The van der Waals surface area contributed by atoms with E-state index in [-0.39, 0.29) is 43.1 Å². The summed E-state index contributed by atoms with van der Waals surface area (Å²) in [6, 6.07) is 84.4. The fraction of sp³-hybridized carbons (Fsp3) is 0.230. The lowest BCUT2D eigenvalue weighted by Gasteiger charge is -2.48. The number of rotatable bonds is 25. The van der Waals surface area contributed by atoms with E-state index in [0.29, 0.717) is 0 Å². The highest BCUT2D eigenvalue weighted by Gasteiger charge is 2.55. The smallest absolute Gasteiger partial charge is 0.338 e. The minimum Gasteiger partial charge on any atom is -0.452 e. The van der Waals surface area contributed by atoms with Gasteiger partial charge in [0.05, 0.1) is 49.7 Å². The van der Waals surface area contributed by atoms with E-state index in [4.69, 9.17) is 52.1 Å². The Morgan fingerprint density at radius 1 is 0.330 bits per heavy atom. The Labute approximate surface area is 512 Å². The zero-order valence-electron chi connectivity index (χ0n) is 48.5. The first-order valence-corrected chi connectivity index (χ1v) is 29.3. The minimum atomic E-state index is -1.56. The fourth-order valence-electron chi connectivity index (χ4n) is 11.1. The molecule has 88 heavy (non-hydrogen) atoms. The molecule has 448 valence electrons. The van der Waals surface area contributed by atoms with Crippen molar-refractivity contribution in [2.24, 2.45) is 0 Å². The third-order valence-electron chi connectivity index (χ3n) is 15.5. The Balaban J connectivity index is 1.01. The van der Waals surface area contributed by atoms with Crippen molar-refractivity contribution in [1.29, 1.82) is 0 Å². The molecule has 2 aliphatic heterocycles. The largest absolute Gasteiger partial charge is 0.452 e. The van der Waals surface area contributed by atoms with Gasteiger partial charge in [0.25, 0.3) is 0 Å². The summed E-state index contributed by atoms with van der Waals surface area (Å²) in [6.45, 7) is -0.112. The van der Waals surface area contributed by atoms with Crippen molar-refractivity contribution in [3.05, 3.63) is 323 Å². The lowest BCUT2D eigenvalue weighted by atomic mass is 9.80. The summed E-state index contributed by atoms with van der Waals surface area (Å²) < 4.78 is 75.1. The van der Waals surface area contributed by atoms with E-state index in [1.165, 1.54) is 7.11 Å². The van der Waals surface area contributed by atoms with Crippen LogP contribution in [0.2, 0.25) is 0 Å². The van der Waals surface area contributed by atoms with Crippen molar-refractivity contribution in [3.8, 4) is 0 Å². The van der Waals surface area contributed by atoms with E-state index in [1.54, 1.807) is 91.0 Å². The lowest BCUT2D eigenvalue weighted by molar-refractivity contribution is -0.344. The molecule has 0 amide bonds. The van der Waals surface area contributed by atoms with Crippen LogP contribution in [0.25, 0.3) is 0 Å². The van der Waals surface area contributed by atoms with Crippen LogP contribution in [-0.2, 0) is 77.5 Å². The van der Waals surface area contributed by atoms with E-state index in [0.717, 1.165) is 33.4 Å². The Morgan fingerprint density at radius 2 is 0.648 bits per heavy atom. The summed E-state index contributed by atoms with van der Waals surface area (Å²) in [5.41, 5.74) is 4.64. The molecule has 9 aromatic rings. The fourth-order valence-corrected chi connectivity index (χ4v) is 11.1. The molecule has 2 fully saturated rings. The van der Waals surface area contributed by atoms with Gasteiger partial charge in [0, 0.05) is 7.11 Å². The first kappa shape index (κ1) is 60.7. The number of carbonyl (C=O) groups is 3. The van der Waals surface area contributed by atoms with Gasteiger partial charge in [0.2, 0.25) is 0 Å². The molecule has 11 rings (SSSR count). The van der Waals surface area contributed by atoms with Gasteiger partial charge in [0.15, 0.2) is 30.9 Å². The maximum absolute atomic E-state index is 14.5. The zero-order chi connectivity index (χ0) is 60.3. The topological polar surface area (TPSA) is 153 Å². The summed E-state index contributed by atoms with van der Waals surface area (Å²) in [5, 5.41) is 0. The molecule has 0 spiro atoms. The number of esters is 3. The third kappa shape index (κ3) is 14.9. The quantitative estimate of drug-likeness (QED) is 0.0303. The molecule has 0 aromatic heterocycles. The summed E-state index contributed by atoms with van der Waals surface area (Å²) in [4.78, 5) is 43.0. The molecule has 0 N–H and O–H groups in total. The van der Waals surface area contributed by atoms with E-state index >= 15 is 0 Å². The molecule has 10 atom stereocenters. The summed E-state index contributed by atoms with van der Waals surface area (Å²) >= 11 is 0. The Kier molecular flexibility index (Phi) is 20.8. The molecular formula is C74H68O14. The number of ether oxygens (including phenoxy) is 11. The standard InChI is InChI=1S/C74H68O14/c1-78-72-68(88-71(77)57-39-21-7-22-40-57)66(87-70(76)56-37-19-6-20-38-56)64(86-69(75)55-35-17-5-18-36-55)61(84-72)50-82-73-67(81-49-54-33-15-4-16-34-54)65(80-48-53-31-13-3-14-32-53)63(79-47-52-29-11-2-12-30-52)62(85-73)51-83-74(58-41-23-8-24-42-58,59-43-25-9-26-44-59)60-45-27-10-28-46-60/h2-46,61-68,72-73H,47-51H2,1H3/t61-,62-,63-,64-,65+,66+,67-,68-,72+,73+/m1/s1. The Bertz CT molecular complexity index is 3460. The molecule has 2 heterocycles. The monoisotopic (exact) mass is 1180 g/mol. The second-order valence-corrected chi connectivity index (χ2v) is 21.2. The summed E-state index contributed by atoms with van der Waals surface area (Å²) in [7, 11) is 1.37. The molecule has 0 unspecified atom stereocenters. The molecule has 0 bridgehead atoms. The Hall–Kier alpha value is -8.93. The maximum atomic E-state index is 14.5. The molecule has 0 radical (unpaired) electrons. The van der Waals surface area contributed by atoms with E-state index in [2.05, 4.69) is 0 Å². The van der Waals surface area contributed by atoms with Crippen molar-refractivity contribution in [1.82, 2.24) is 0 Å². The molecule has 2 aliphatic rings. The predicted molar refractivity (Wildman–Crippen MR) is 327 cm³/mol. The van der Waals surface area contributed by atoms with Gasteiger partial charge < -0.3 is 52.1 Å². The SMILES string of the molecule is CO[C@H]1O[C@H](CO[C@H]2O[C@H](COC(c3ccccc3)(c3ccccc3)c3ccccc3)[C@@H](OCc3ccccc3)[C@H](OCc3ccccc3)[C@H]2OCc2ccccc2)[C@@H](OC(=O)c2ccccc2)[C@H](OC(=O)c2ccccc2)[C@H]1OC(=O)c1ccccc1. The van der Waals surface area contributed by atoms with Crippen LogP contribution >= 0.6 is 0 Å². The predicted octanol–water partition coefficient (Wildman–Crippen LogP) is 12.5. The van der Waals surface area contributed by atoms with Gasteiger partial charge in [-0.05, 0) is 69.8 Å². The van der Waals surface area contributed by atoms with Crippen LogP contribution in [0.3, 0.4) is 0 Å². The van der Waals surface area contributed by atoms with Crippen LogP contribution in [0, 0.1) is 0 Å². The van der Waals surface area contributed by atoms with E-state index in [1.807, 2.05) is 182 Å². The molecule has 14 nitrogen and oxygen atoms in total. The normalized spacial score (nSPS) is 21.8. The average molecular weight is 1180 g/mol. The maximum Gasteiger partial charge on any atom is 0.338 e. The van der Waals surface area contributed by atoms with Gasteiger partial charge in [-0.1, -0.05) is 237 Å². The van der Waals surface area contributed by atoms with Crippen LogP contribution in [0.4, 0.5) is 0 Å². The minimum absolute atomic E-state index is 0.0937. The summed E-state index contributed by atoms with van der Waals surface area (Å²) in [6.07, 6.45) is -12.5. The molecule has 0 saturated carbocycles. The molecule has 2 saturated heterocycles. The van der Waals surface area contributed by atoms with E-state index in [9.17, 15) is 14.4 Å². The van der Waals surface area contributed by atoms with Crippen molar-refractivity contribution < 1.29 is 66.5 Å². The second kappa shape index (κ2) is 30.1. The number of hydrogen-bond donors (Lipinski definition) is 0. The second-order valence-electron chi connectivity index (χ2n) is 21.2. The highest BCUT2D eigenvalue weighted by molar-refractivity contribution is 5.91. The number of methoxy groups -OCH3 is 1. The van der Waals surface area contributed by atoms with Crippen molar-refractivity contribution in [2.45, 2.75) is 86.8 Å². The van der Waals surface area contributed by atoms with Crippen molar-refractivity contribution in [2.75, 3.05) is 20.3 Å². The molecular weight excluding hydrogens is 1110 g/mol. The van der Waals surface area contributed by atoms with Gasteiger partial charge in [-0.2, -0.15) is 0 Å². The first-order chi connectivity index (χ1) is 43.3. The Morgan fingerprint density at radius 3 is 1.05 bits per heavy atom. The number of benzene rings is 9. The van der Waals surface area contributed by atoms with E-state index < -0.39 is 91.5 Å². The van der Waals surface area contributed by atoms with Gasteiger partial charge in [-0.3, -0.25) is 0 Å². The summed E-state index contributed by atoms with van der Waals surface area (Å²) in [5.74, 6) is -2.36. The van der Waals surface area contributed by atoms with Gasteiger partial charge in [0.1, 0.15) is 36.1 Å². The molecule has 14 heteroatoms. The highest BCUT2D eigenvalue weighted by Crippen LogP contribution is 2.42. The number of hydrogen-bond acceptors (Lipinski definition) is 14. The molecule has 0 aliphatic carbocycles. The van der Waals surface area contributed by atoms with Gasteiger partial charge in [-0.15, -0.1) is 0 Å². The number of carbonyl (C=O) groups excluding carboxylic acids is 3. The van der Waals surface area contributed by atoms with Crippen molar-refractivity contribution in [3.63, 3.8) is 0 Å². The van der Waals surface area contributed by atoms with Crippen LogP contribution < -0.4 is 0 Å². The van der Waals surface area contributed by atoms with Crippen LogP contribution in [-0.4, -0.2) is 99.6 Å². The average Bonchev–Trinajstić information content (AvgIpc) is 1.20. The van der Waals surface area contributed by atoms with Crippen molar-refractivity contribution >= 4 is 17.9 Å². The highest BCUT2D eigenvalue weighted by atomic mass is 16.8. The van der Waals surface area contributed by atoms with Crippen LogP contribution in [0.15, 0.2) is 273 Å². The van der Waals surface area contributed by atoms with Crippen LogP contribution in [0.5, 0.6) is 0 Å². The molecule has 9 aromatic carbocycles. The zero-order valence-corrected chi connectivity index (χ0v) is 48.5. The third-order valence-corrected chi connectivity index (χ3v) is 15.5. The lowest BCUT2D eigenvalue weighted by Crippen LogP contribution is -2.64. The van der Waals surface area contributed by atoms with Gasteiger partial charge >= 0.3 is 17.9 Å².